The number of aromatic nitrogens is 2. The molecule has 1 fully saturated rings. The van der Waals surface area contributed by atoms with Crippen molar-refractivity contribution in [2.75, 3.05) is 48.8 Å². The van der Waals surface area contributed by atoms with E-state index in [0.29, 0.717) is 17.9 Å². The SMILES string of the molecule is CC(C)c1ccccc1NC(=O)N1Cc2c(NC(=O)c3ccc(N4CCN(C)CC4)cc3)n[nH]c2C1(C)C. The maximum atomic E-state index is 13.4. The van der Waals surface area contributed by atoms with Gasteiger partial charge in [0.05, 0.1) is 17.8 Å². The standard InChI is InChI=1S/C29H37N7O2/c1-19(2)22-8-6-7-9-24(22)30-28(38)36-18-23-25(29(36,3)4)32-33-26(23)31-27(37)20-10-12-21(13-11-20)35-16-14-34(5)15-17-35/h6-13,19H,14-18H2,1-5H3,(H,30,38)(H2,31,32,33,37). The molecule has 0 saturated carbocycles. The molecule has 0 aliphatic carbocycles. The summed E-state index contributed by atoms with van der Waals surface area (Å²) in [5, 5.41) is 13.5. The van der Waals surface area contributed by atoms with Crippen LogP contribution in [0.15, 0.2) is 48.5 Å². The number of H-pyrrole nitrogens is 1. The van der Waals surface area contributed by atoms with E-state index >= 15 is 0 Å². The molecule has 3 amide bonds. The van der Waals surface area contributed by atoms with Crippen molar-refractivity contribution >= 4 is 29.1 Å². The number of benzene rings is 2. The van der Waals surface area contributed by atoms with E-state index in [9.17, 15) is 9.59 Å². The van der Waals surface area contributed by atoms with E-state index < -0.39 is 5.54 Å². The Balaban J connectivity index is 1.28. The first-order valence-electron chi connectivity index (χ1n) is 13.3. The van der Waals surface area contributed by atoms with Crippen LogP contribution in [0.1, 0.15) is 60.8 Å². The molecule has 9 heteroatoms. The average Bonchev–Trinajstić information content (AvgIpc) is 3.42. The van der Waals surface area contributed by atoms with Crippen LogP contribution < -0.4 is 15.5 Å². The number of hydrogen-bond acceptors (Lipinski definition) is 5. The van der Waals surface area contributed by atoms with E-state index in [1.807, 2.05) is 62.4 Å². The van der Waals surface area contributed by atoms with E-state index in [1.54, 1.807) is 4.90 Å². The highest BCUT2D eigenvalue weighted by Gasteiger charge is 2.44. The molecule has 0 atom stereocenters. The van der Waals surface area contributed by atoms with Crippen molar-refractivity contribution < 1.29 is 9.59 Å². The molecule has 38 heavy (non-hydrogen) atoms. The van der Waals surface area contributed by atoms with Crippen LogP contribution in [0.3, 0.4) is 0 Å². The van der Waals surface area contributed by atoms with Gasteiger partial charge in [0.2, 0.25) is 0 Å². The third-order valence-electron chi connectivity index (χ3n) is 7.77. The Labute approximate surface area is 224 Å². The lowest BCUT2D eigenvalue weighted by atomic mass is 10.0. The fraction of sp³-hybridized carbons (Fsp3) is 0.414. The summed E-state index contributed by atoms with van der Waals surface area (Å²) in [5.74, 6) is 0.516. The molecule has 5 rings (SSSR count). The Morgan fingerprint density at radius 2 is 1.66 bits per heavy atom. The summed E-state index contributed by atoms with van der Waals surface area (Å²) in [4.78, 5) is 32.9. The summed E-state index contributed by atoms with van der Waals surface area (Å²) < 4.78 is 0. The van der Waals surface area contributed by atoms with Crippen molar-refractivity contribution in [3.05, 3.63) is 70.9 Å². The molecule has 2 aliphatic rings. The first-order chi connectivity index (χ1) is 18.1. The average molecular weight is 516 g/mol. The van der Waals surface area contributed by atoms with E-state index in [0.717, 1.165) is 54.4 Å². The third kappa shape index (κ3) is 4.86. The number of fused-ring (bicyclic) bond motifs is 1. The number of hydrogen-bond donors (Lipinski definition) is 3. The summed E-state index contributed by atoms with van der Waals surface area (Å²) in [5.41, 5.74) is 4.62. The van der Waals surface area contributed by atoms with Gasteiger partial charge in [-0.2, -0.15) is 5.10 Å². The second-order valence-corrected chi connectivity index (χ2v) is 11.0. The van der Waals surface area contributed by atoms with Gasteiger partial charge in [-0.3, -0.25) is 9.89 Å². The van der Waals surface area contributed by atoms with Gasteiger partial charge >= 0.3 is 6.03 Å². The lowest BCUT2D eigenvalue weighted by Gasteiger charge is -2.34. The van der Waals surface area contributed by atoms with Crippen molar-refractivity contribution in [1.29, 1.82) is 0 Å². The van der Waals surface area contributed by atoms with E-state index in [2.05, 4.69) is 51.5 Å². The Morgan fingerprint density at radius 3 is 2.34 bits per heavy atom. The topological polar surface area (TPSA) is 96.6 Å². The second-order valence-electron chi connectivity index (χ2n) is 11.0. The molecule has 1 aromatic heterocycles. The number of rotatable bonds is 5. The molecule has 9 nitrogen and oxygen atoms in total. The number of likely N-dealkylation sites (N-methyl/N-ethyl adjacent to an activating group) is 1. The lowest BCUT2D eigenvalue weighted by Crippen LogP contribution is -2.44. The van der Waals surface area contributed by atoms with Gasteiger partial charge in [0.15, 0.2) is 5.82 Å². The number of para-hydroxylation sites is 1. The van der Waals surface area contributed by atoms with Gasteiger partial charge in [-0.15, -0.1) is 0 Å². The minimum atomic E-state index is -0.619. The summed E-state index contributed by atoms with van der Waals surface area (Å²) >= 11 is 0. The van der Waals surface area contributed by atoms with Gasteiger partial charge in [0.1, 0.15) is 0 Å². The van der Waals surface area contributed by atoms with Crippen LogP contribution in [0.2, 0.25) is 0 Å². The molecule has 3 heterocycles. The van der Waals surface area contributed by atoms with Crippen LogP contribution in [0.25, 0.3) is 0 Å². The zero-order valence-electron chi connectivity index (χ0n) is 22.8. The van der Waals surface area contributed by atoms with Gasteiger partial charge in [-0.1, -0.05) is 32.0 Å². The highest BCUT2D eigenvalue weighted by molar-refractivity contribution is 6.04. The first kappa shape index (κ1) is 25.8. The third-order valence-corrected chi connectivity index (χ3v) is 7.77. The predicted octanol–water partition coefficient (Wildman–Crippen LogP) is 4.82. The van der Waals surface area contributed by atoms with Crippen LogP contribution in [0.5, 0.6) is 0 Å². The molecule has 1 saturated heterocycles. The maximum Gasteiger partial charge on any atom is 0.322 e. The number of amides is 3. The van der Waals surface area contributed by atoms with Crippen molar-refractivity contribution in [3.63, 3.8) is 0 Å². The molecule has 3 N–H and O–H groups in total. The van der Waals surface area contributed by atoms with Crippen molar-refractivity contribution in [2.24, 2.45) is 0 Å². The van der Waals surface area contributed by atoms with Crippen LogP contribution in [0.4, 0.5) is 22.0 Å². The molecule has 0 radical (unpaired) electrons. The van der Waals surface area contributed by atoms with Crippen molar-refractivity contribution in [1.82, 2.24) is 20.0 Å². The summed E-state index contributed by atoms with van der Waals surface area (Å²) in [6.45, 7) is 12.5. The van der Waals surface area contributed by atoms with Gasteiger partial charge < -0.3 is 25.3 Å². The first-order valence-corrected chi connectivity index (χ1v) is 13.3. The number of carbonyl (C=O) groups excluding carboxylic acids is 2. The normalized spacial score (nSPS) is 17.0. The Morgan fingerprint density at radius 1 is 0.974 bits per heavy atom. The van der Waals surface area contributed by atoms with Gasteiger partial charge in [-0.05, 0) is 62.7 Å². The van der Waals surface area contributed by atoms with Gasteiger partial charge in [0.25, 0.3) is 5.91 Å². The maximum absolute atomic E-state index is 13.4. The number of aromatic amines is 1. The number of carbonyl (C=O) groups is 2. The number of nitrogens with one attached hydrogen (secondary N) is 3. The van der Waals surface area contributed by atoms with Crippen LogP contribution in [-0.2, 0) is 12.1 Å². The monoisotopic (exact) mass is 515 g/mol. The number of urea groups is 1. The predicted molar refractivity (Wildman–Crippen MR) is 151 cm³/mol. The zero-order chi connectivity index (χ0) is 27.0. The van der Waals surface area contributed by atoms with Crippen molar-refractivity contribution in [3.8, 4) is 0 Å². The zero-order valence-corrected chi connectivity index (χ0v) is 22.8. The summed E-state index contributed by atoms with van der Waals surface area (Å²) in [7, 11) is 2.13. The lowest BCUT2D eigenvalue weighted by molar-refractivity contribution is 0.102. The summed E-state index contributed by atoms with van der Waals surface area (Å²) in [6, 6.07) is 15.4. The van der Waals surface area contributed by atoms with Gasteiger partial charge in [-0.25, -0.2) is 4.79 Å². The van der Waals surface area contributed by atoms with Gasteiger partial charge in [0, 0.05) is 48.7 Å². The van der Waals surface area contributed by atoms with Crippen LogP contribution in [-0.4, -0.2) is 65.2 Å². The van der Waals surface area contributed by atoms with E-state index in [-0.39, 0.29) is 17.9 Å². The van der Waals surface area contributed by atoms with Crippen molar-refractivity contribution in [2.45, 2.75) is 45.7 Å². The summed E-state index contributed by atoms with van der Waals surface area (Å²) in [6.07, 6.45) is 0. The van der Waals surface area contributed by atoms with E-state index in [4.69, 9.17) is 0 Å². The molecule has 3 aromatic rings. The number of anilines is 3. The largest absolute Gasteiger partial charge is 0.369 e. The molecular weight excluding hydrogens is 478 g/mol. The number of nitrogens with zero attached hydrogens (tertiary/aromatic N) is 4. The fourth-order valence-corrected chi connectivity index (χ4v) is 5.31. The smallest absolute Gasteiger partial charge is 0.322 e. The Hall–Kier alpha value is -3.85. The van der Waals surface area contributed by atoms with Crippen LogP contribution >= 0.6 is 0 Å². The molecule has 2 aromatic carbocycles. The van der Waals surface area contributed by atoms with E-state index in [1.165, 1.54) is 0 Å². The second kappa shape index (κ2) is 10.1. The molecule has 200 valence electrons. The molecule has 0 unspecified atom stereocenters. The molecular formula is C29H37N7O2. The molecule has 0 spiro atoms. The highest BCUT2D eigenvalue weighted by Crippen LogP contribution is 2.41. The highest BCUT2D eigenvalue weighted by atomic mass is 16.2. The quantitative estimate of drug-likeness (QED) is 0.453. The van der Waals surface area contributed by atoms with Crippen LogP contribution in [0, 0.1) is 0 Å². The molecule has 0 bridgehead atoms. The Bertz CT molecular complexity index is 1320. The minimum absolute atomic E-state index is 0.190. The number of piperazine rings is 1. The molecule has 2 aliphatic heterocycles. The minimum Gasteiger partial charge on any atom is -0.369 e. The Kier molecular flexibility index (Phi) is 6.88. The fourth-order valence-electron chi connectivity index (χ4n) is 5.31.